The number of ether oxygens (including phenoxy) is 2. The smallest absolute Gasteiger partial charge is 0.256 e. The van der Waals surface area contributed by atoms with Crippen LogP contribution in [0.15, 0.2) is 40.9 Å². The summed E-state index contributed by atoms with van der Waals surface area (Å²) < 4.78 is 11.4. The van der Waals surface area contributed by atoms with Crippen LogP contribution in [0.25, 0.3) is 11.6 Å². The first-order valence-electron chi connectivity index (χ1n) is 6.68. The van der Waals surface area contributed by atoms with Crippen LogP contribution in [0.4, 0.5) is 5.69 Å². The third-order valence-electron chi connectivity index (χ3n) is 3.51. The van der Waals surface area contributed by atoms with Gasteiger partial charge in [-0.3, -0.25) is 4.79 Å². The maximum Gasteiger partial charge on any atom is 0.256 e. The number of fused-ring (bicyclic) bond motifs is 1. The highest BCUT2D eigenvalue weighted by molar-refractivity contribution is 9.10. The number of para-hydroxylation sites is 1. The van der Waals surface area contributed by atoms with Gasteiger partial charge in [0.2, 0.25) is 0 Å². The van der Waals surface area contributed by atoms with Crippen LogP contribution in [-0.2, 0) is 4.79 Å². The summed E-state index contributed by atoms with van der Waals surface area (Å²) in [6, 6.07) is 11.3. The van der Waals surface area contributed by atoms with Gasteiger partial charge in [0.05, 0.1) is 14.2 Å². The van der Waals surface area contributed by atoms with Gasteiger partial charge in [-0.05, 0) is 29.8 Å². The molecule has 1 aliphatic heterocycles. The van der Waals surface area contributed by atoms with E-state index in [-0.39, 0.29) is 5.91 Å². The van der Waals surface area contributed by atoms with Crippen molar-refractivity contribution in [2.24, 2.45) is 0 Å². The number of methoxy groups -OCH3 is 2. The number of rotatable bonds is 3. The van der Waals surface area contributed by atoms with E-state index in [1.54, 1.807) is 14.2 Å². The second-order valence-corrected chi connectivity index (χ2v) is 5.64. The first-order valence-corrected chi connectivity index (χ1v) is 7.47. The molecule has 2 aromatic carbocycles. The molecule has 0 fully saturated rings. The van der Waals surface area contributed by atoms with Gasteiger partial charge in [0, 0.05) is 21.3 Å². The minimum absolute atomic E-state index is 0.108. The highest BCUT2D eigenvalue weighted by Gasteiger charge is 2.23. The number of hydrogen-bond acceptors (Lipinski definition) is 3. The van der Waals surface area contributed by atoms with Gasteiger partial charge in [0.25, 0.3) is 5.91 Å². The largest absolute Gasteiger partial charge is 0.493 e. The van der Waals surface area contributed by atoms with Gasteiger partial charge < -0.3 is 14.8 Å². The van der Waals surface area contributed by atoms with Crippen molar-refractivity contribution in [3.8, 4) is 11.5 Å². The number of hydrogen-bond donors (Lipinski definition) is 1. The summed E-state index contributed by atoms with van der Waals surface area (Å²) in [4.78, 5) is 12.2. The lowest BCUT2D eigenvalue weighted by molar-refractivity contribution is -0.110. The summed E-state index contributed by atoms with van der Waals surface area (Å²) in [6.45, 7) is 0. The van der Waals surface area contributed by atoms with E-state index in [4.69, 9.17) is 9.47 Å². The molecule has 2 aromatic rings. The Bertz CT molecular complexity index is 783. The number of carbonyl (C=O) groups excluding carboxylic acids is 1. The number of carbonyl (C=O) groups is 1. The molecule has 3 rings (SSSR count). The average molecular weight is 360 g/mol. The van der Waals surface area contributed by atoms with E-state index < -0.39 is 0 Å². The Labute approximate surface area is 136 Å². The van der Waals surface area contributed by atoms with Crippen molar-refractivity contribution >= 4 is 39.2 Å². The molecule has 22 heavy (non-hydrogen) atoms. The van der Waals surface area contributed by atoms with Crippen molar-refractivity contribution in [2.45, 2.75) is 0 Å². The highest BCUT2D eigenvalue weighted by Crippen LogP contribution is 2.37. The Hall–Kier alpha value is -2.27. The summed E-state index contributed by atoms with van der Waals surface area (Å²) in [5, 5.41) is 2.86. The molecule has 1 heterocycles. The van der Waals surface area contributed by atoms with E-state index in [2.05, 4.69) is 21.2 Å². The van der Waals surface area contributed by atoms with Crippen LogP contribution in [0.5, 0.6) is 11.5 Å². The normalized spacial score (nSPS) is 14.7. The van der Waals surface area contributed by atoms with Crippen LogP contribution in [0.1, 0.15) is 11.1 Å². The molecule has 1 N–H and O–H groups in total. The van der Waals surface area contributed by atoms with Crippen molar-refractivity contribution in [2.75, 3.05) is 19.5 Å². The van der Waals surface area contributed by atoms with Crippen LogP contribution >= 0.6 is 15.9 Å². The number of anilines is 1. The summed E-state index contributed by atoms with van der Waals surface area (Å²) in [5.41, 5.74) is 3.20. The summed E-state index contributed by atoms with van der Waals surface area (Å²) in [5.74, 6) is 1.14. The van der Waals surface area contributed by atoms with Crippen molar-refractivity contribution in [3.63, 3.8) is 0 Å². The molecular formula is C17H14BrNO3. The topological polar surface area (TPSA) is 47.6 Å². The maximum absolute atomic E-state index is 12.2. The van der Waals surface area contributed by atoms with Crippen LogP contribution in [-0.4, -0.2) is 20.1 Å². The van der Waals surface area contributed by atoms with Gasteiger partial charge in [0.15, 0.2) is 11.5 Å². The monoisotopic (exact) mass is 359 g/mol. The molecule has 0 saturated heterocycles. The molecule has 0 aromatic heterocycles. The Kier molecular flexibility index (Phi) is 3.90. The SMILES string of the molecule is COc1cc(Br)c(/C=C2\C(=O)Nc3ccccc32)cc1OC. The van der Waals surface area contributed by atoms with E-state index in [9.17, 15) is 4.79 Å². The first-order chi connectivity index (χ1) is 10.6. The zero-order valence-electron chi connectivity index (χ0n) is 12.1. The number of benzene rings is 2. The van der Waals surface area contributed by atoms with E-state index in [0.29, 0.717) is 17.1 Å². The standard InChI is InChI=1S/C17H14BrNO3/c1-21-15-8-10(13(18)9-16(15)22-2)7-12-11-5-3-4-6-14(11)19-17(12)20/h3-9H,1-2H3,(H,19,20)/b12-7-. The molecule has 1 aliphatic rings. The fourth-order valence-corrected chi connectivity index (χ4v) is 2.86. The molecule has 0 unspecified atom stereocenters. The molecule has 0 atom stereocenters. The molecule has 1 amide bonds. The fourth-order valence-electron chi connectivity index (χ4n) is 2.42. The third kappa shape index (κ3) is 2.48. The molecule has 0 aliphatic carbocycles. The molecule has 0 bridgehead atoms. The minimum Gasteiger partial charge on any atom is -0.493 e. The summed E-state index contributed by atoms with van der Waals surface area (Å²) in [7, 11) is 3.17. The predicted octanol–water partition coefficient (Wildman–Crippen LogP) is 3.96. The van der Waals surface area contributed by atoms with Crippen molar-refractivity contribution in [3.05, 3.63) is 52.0 Å². The van der Waals surface area contributed by atoms with Gasteiger partial charge in [-0.1, -0.05) is 34.1 Å². The lowest BCUT2D eigenvalue weighted by Gasteiger charge is -2.10. The Morgan fingerprint density at radius 3 is 2.50 bits per heavy atom. The van der Waals surface area contributed by atoms with E-state index in [1.807, 2.05) is 42.5 Å². The van der Waals surface area contributed by atoms with E-state index in [1.165, 1.54) is 0 Å². The predicted molar refractivity (Wildman–Crippen MR) is 90.2 cm³/mol. The number of amides is 1. The quantitative estimate of drug-likeness (QED) is 0.843. The molecule has 0 saturated carbocycles. The second-order valence-electron chi connectivity index (χ2n) is 4.79. The first kappa shape index (κ1) is 14.7. The average Bonchev–Trinajstić information content (AvgIpc) is 2.84. The highest BCUT2D eigenvalue weighted by atomic mass is 79.9. The third-order valence-corrected chi connectivity index (χ3v) is 4.20. The Balaban J connectivity index is 2.11. The lowest BCUT2D eigenvalue weighted by Crippen LogP contribution is -2.03. The molecule has 112 valence electrons. The Morgan fingerprint density at radius 2 is 1.77 bits per heavy atom. The fraction of sp³-hybridized carbons (Fsp3) is 0.118. The van der Waals surface area contributed by atoms with Crippen LogP contribution in [0.3, 0.4) is 0 Å². The lowest BCUT2D eigenvalue weighted by atomic mass is 10.0. The molecule has 4 nitrogen and oxygen atoms in total. The van der Waals surface area contributed by atoms with E-state index >= 15 is 0 Å². The Morgan fingerprint density at radius 1 is 1.09 bits per heavy atom. The minimum atomic E-state index is -0.108. The van der Waals surface area contributed by atoms with Gasteiger partial charge in [-0.25, -0.2) is 0 Å². The number of nitrogens with one attached hydrogen (secondary N) is 1. The van der Waals surface area contributed by atoms with E-state index in [0.717, 1.165) is 21.3 Å². The van der Waals surface area contributed by atoms with Crippen molar-refractivity contribution in [1.82, 2.24) is 0 Å². The second kappa shape index (κ2) is 5.85. The van der Waals surface area contributed by atoms with Crippen LogP contribution < -0.4 is 14.8 Å². The van der Waals surface area contributed by atoms with Gasteiger partial charge in [-0.15, -0.1) is 0 Å². The van der Waals surface area contributed by atoms with Crippen LogP contribution in [0.2, 0.25) is 0 Å². The summed E-state index contributed by atoms with van der Waals surface area (Å²) >= 11 is 3.51. The van der Waals surface area contributed by atoms with Gasteiger partial charge in [0.1, 0.15) is 0 Å². The zero-order valence-corrected chi connectivity index (χ0v) is 13.7. The zero-order chi connectivity index (χ0) is 15.7. The number of halogens is 1. The van der Waals surface area contributed by atoms with Gasteiger partial charge in [-0.2, -0.15) is 0 Å². The van der Waals surface area contributed by atoms with Crippen molar-refractivity contribution < 1.29 is 14.3 Å². The van der Waals surface area contributed by atoms with Crippen LogP contribution in [0, 0.1) is 0 Å². The maximum atomic E-state index is 12.2. The van der Waals surface area contributed by atoms with Gasteiger partial charge >= 0.3 is 0 Å². The van der Waals surface area contributed by atoms with Crippen molar-refractivity contribution in [1.29, 1.82) is 0 Å². The molecular weight excluding hydrogens is 346 g/mol. The molecule has 0 radical (unpaired) electrons. The molecule has 0 spiro atoms. The summed E-state index contributed by atoms with van der Waals surface area (Å²) in [6.07, 6.45) is 1.84. The molecule has 5 heteroatoms.